The number of carbonyl (C=O) groups excluding carboxylic acids is 2. The molecule has 4 aliphatic carbocycles. The lowest BCUT2D eigenvalue weighted by Crippen LogP contribution is -2.50. The number of phenols is 1. The van der Waals surface area contributed by atoms with E-state index >= 15 is 0 Å². The van der Waals surface area contributed by atoms with Gasteiger partial charge in [-0.1, -0.05) is 12.1 Å². The molecule has 4 saturated carbocycles. The summed E-state index contributed by atoms with van der Waals surface area (Å²) in [5.74, 6) is 2.12. The number of amides is 1. The Balaban J connectivity index is 1.41. The van der Waals surface area contributed by atoms with Crippen LogP contribution in [0.15, 0.2) is 24.3 Å². The smallest absolute Gasteiger partial charge is 0.328 e. The molecule has 146 valence electrons. The minimum Gasteiger partial charge on any atom is -0.508 e. The van der Waals surface area contributed by atoms with Gasteiger partial charge in [-0.25, -0.2) is 4.79 Å². The summed E-state index contributed by atoms with van der Waals surface area (Å²) in [4.78, 5) is 25.0. The fourth-order valence-corrected chi connectivity index (χ4v) is 6.30. The molecule has 0 unspecified atom stereocenters. The van der Waals surface area contributed by atoms with E-state index in [4.69, 9.17) is 4.74 Å². The second-order valence-electron chi connectivity index (χ2n) is 9.11. The van der Waals surface area contributed by atoms with Crippen LogP contribution in [0, 0.1) is 23.2 Å². The topological polar surface area (TPSA) is 75.6 Å². The lowest BCUT2D eigenvalue weighted by atomic mass is 9.49. The molecule has 0 aromatic heterocycles. The number of rotatable bonds is 6. The number of phenolic OH excluding ortho intramolecular Hbond substituents is 1. The van der Waals surface area contributed by atoms with Crippen molar-refractivity contribution in [2.75, 3.05) is 7.11 Å². The highest BCUT2D eigenvalue weighted by atomic mass is 16.5. The van der Waals surface area contributed by atoms with Crippen LogP contribution in [0.2, 0.25) is 0 Å². The number of aromatic hydroxyl groups is 1. The van der Waals surface area contributed by atoms with Gasteiger partial charge in [0.2, 0.25) is 5.91 Å². The predicted molar refractivity (Wildman–Crippen MR) is 101 cm³/mol. The molecule has 4 fully saturated rings. The van der Waals surface area contributed by atoms with E-state index in [1.165, 1.54) is 45.6 Å². The monoisotopic (exact) mass is 371 g/mol. The zero-order valence-electron chi connectivity index (χ0n) is 15.9. The Morgan fingerprint density at radius 3 is 2.19 bits per heavy atom. The lowest BCUT2D eigenvalue weighted by molar-refractivity contribution is -0.146. The molecule has 5 heteroatoms. The van der Waals surface area contributed by atoms with Crippen molar-refractivity contribution in [3.8, 4) is 5.75 Å². The molecule has 0 saturated heterocycles. The molecule has 1 atom stereocenters. The Hall–Kier alpha value is -2.04. The lowest BCUT2D eigenvalue weighted by Gasteiger charge is -2.56. The van der Waals surface area contributed by atoms with Crippen molar-refractivity contribution in [2.24, 2.45) is 23.2 Å². The normalized spacial score (nSPS) is 32.1. The molecule has 0 radical (unpaired) electrons. The number of esters is 1. The number of methoxy groups -OCH3 is 1. The maximum Gasteiger partial charge on any atom is 0.328 e. The second kappa shape index (κ2) is 7.17. The van der Waals surface area contributed by atoms with Crippen LogP contribution in [0.5, 0.6) is 5.75 Å². The molecular formula is C22H29NO4. The van der Waals surface area contributed by atoms with Gasteiger partial charge in [-0.3, -0.25) is 4.79 Å². The van der Waals surface area contributed by atoms with Gasteiger partial charge in [0.05, 0.1) is 7.11 Å². The fourth-order valence-electron chi connectivity index (χ4n) is 6.30. The third kappa shape index (κ3) is 3.97. The van der Waals surface area contributed by atoms with E-state index in [0.717, 1.165) is 23.3 Å². The number of hydrogen-bond donors (Lipinski definition) is 2. The molecule has 5 nitrogen and oxygen atoms in total. The van der Waals surface area contributed by atoms with Gasteiger partial charge in [0.25, 0.3) is 0 Å². The highest BCUT2D eigenvalue weighted by Crippen LogP contribution is 2.61. The van der Waals surface area contributed by atoms with E-state index in [1.54, 1.807) is 24.3 Å². The van der Waals surface area contributed by atoms with E-state index in [2.05, 4.69) is 5.32 Å². The van der Waals surface area contributed by atoms with Crippen LogP contribution in [0.4, 0.5) is 0 Å². The van der Waals surface area contributed by atoms with Gasteiger partial charge >= 0.3 is 5.97 Å². The second-order valence-corrected chi connectivity index (χ2v) is 9.11. The number of carbonyl (C=O) groups is 2. The average Bonchev–Trinajstić information content (AvgIpc) is 2.60. The molecule has 2 N–H and O–H groups in total. The van der Waals surface area contributed by atoms with Gasteiger partial charge in [0.1, 0.15) is 11.8 Å². The quantitative estimate of drug-likeness (QED) is 0.753. The van der Waals surface area contributed by atoms with Gasteiger partial charge < -0.3 is 15.2 Å². The van der Waals surface area contributed by atoms with Crippen molar-refractivity contribution in [2.45, 2.75) is 57.4 Å². The van der Waals surface area contributed by atoms with E-state index in [1.807, 2.05) is 0 Å². The van der Waals surface area contributed by atoms with Crippen LogP contribution < -0.4 is 5.32 Å². The first kappa shape index (κ1) is 18.3. The largest absolute Gasteiger partial charge is 0.508 e. The molecule has 1 amide bonds. The predicted octanol–water partition coefficient (Wildman–Crippen LogP) is 3.20. The molecule has 4 aliphatic rings. The summed E-state index contributed by atoms with van der Waals surface area (Å²) in [5, 5.41) is 12.3. The van der Waals surface area contributed by atoms with E-state index < -0.39 is 12.0 Å². The molecular weight excluding hydrogens is 342 g/mol. The minimum absolute atomic E-state index is 0.0360. The highest BCUT2D eigenvalue weighted by Gasteiger charge is 2.51. The summed E-state index contributed by atoms with van der Waals surface area (Å²) in [6.45, 7) is 0. The number of nitrogens with one attached hydrogen (secondary N) is 1. The van der Waals surface area contributed by atoms with Gasteiger partial charge in [0.15, 0.2) is 0 Å². The Morgan fingerprint density at radius 1 is 1.11 bits per heavy atom. The van der Waals surface area contributed by atoms with Crippen LogP contribution in [0.3, 0.4) is 0 Å². The first-order valence-corrected chi connectivity index (χ1v) is 10.1. The van der Waals surface area contributed by atoms with Crippen LogP contribution in [0.1, 0.15) is 50.5 Å². The summed E-state index contributed by atoms with van der Waals surface area (Å²) in [6, 6.07) is 6.00. The van der Waals surface area contributed by atoms with Crippen molar-refractivity contribution in [1.82, 2.24) is 5.32 Å². The number of ether oxygens (including phenoxy) is 1. The Morgan fingerprint density at radius 2 is 1.67 bits per heavy atom. The molecule has 0 spiro atoms. The summed E-state index contributed by atoms with van der Waals surface area (Å²) in [7, 11) is 1.34. The SMILES string of the molecule is COC(=O)[C@H](Cc1ccc(O)cc1)NC(=O)CC12CC3CC(CC(C3)C1)C2. The molecule has 27 heavy (non-hydrogen) atoms. The van der Waals surface area contributed by atoms with Gasteiger partial charge in [-0.15, -0.1) is 0 Å². The number of benzene rings is 1. The van der Waals surface area contributed by atoms with Crippen molar-refractivity contribution in [3.63, 3.8) is 0 Å². The fraction of sp³-hybridized carbons (Fsp3) is 0.636. The molecule has 5 rings (SSSR count). The molecule has 0 aliphatic heterocycles. The van der Waals surface area contributed by atoms with Crippen LogP contribution in [-0.4, -0.2) is 30.1 Å². The summed E-state index contributed by atoms with van der Waals surface area (Å²) >= 11 is 0. The Labute approximate surface area is 160 Å². The minimum atomic E-state index is -0.694. The third-order valence-electron chi connectivity index (χ3n) is 6.90. The maximum absolute atomic E-state index is 12.8. The first-order chi connectivity index (χ1) is 12.9. The molecule has 1 aromatic carbocycles. The van der Waals surface area contributed by atoms with Gasteiger partial charge in [-0.05, 0) is 79.4 Å². The zero-order valence-corrected chi connectivity index (χ0v) is 15.9. The average molecular weight is 371 g/mol. The van der Waals surface area contributed by atoms with Crippen LogP contribution in [-0.2, 0) is 20.7 Å². The van der Waals surface area contributed by atoms with Crippen molar-refractivity contribution in [3.05, 3.63) is 29.8 Å². The van der Waals surface area contributed by atoms with Crippen molar-refractivity contribution in [1.29, 1.82) is 0 Å². The maximum atomic E-state index is 12.8. The summed E-state index contributed by atoms with van der Waals surface area (Å²) in [5.41, 5.74) is 1.02. The van der Waals surface area contributed by atoms with Gasteiger partial charge in [-0.2, -0.15) is 0 Å². The molecule has 1 aromatic rings. The highest BCUT2D eigenvalue weighted by molar-refractivity contribution is 5.85. The summed E-state index contributed by atoms with van der Waals surface area (Å²) in [6.07, 6.45) is 8.47. The molecule has 4 bridgehead atoms. The van der Waals surface area contributed by atoms with E-state index in [0.29, 0.717) is 12.8 Å². The Bertz CT molecular complexity index is 676. The zero-order chi connectivity index (χ0) is 19.0. The van der Waals surface area contributed by atoms with E-state index in [9.17, 15) is 14.7 Å². The van der Waals surface area contributed by atoms with Crippen molar-refractivity contribution < 1.29 is 19.4 Å². The van der Waals surface area contributed by atoms with Gasteiger partial charge in [0, 0.05) is 12.8 Å². The first-order valence-electron chi connectivity index (χ1n) is 10.1. The van der Waals surface area contributed by atoms with Crippen LogP contribution in [0.25, 0.3) is 0 Å². The Kier molecular flexibility index (Phi) is 4.87. The van der Waals surface area contributed by atoms with E-state index in [-0.39, 0.29) is 17.1 Å². The number of hydrogen-bond acceptors (Lipinski definition) is 4. The van der Waals surface area contributed by atoms with Crippen LogP contribution >= 0.6 is 0 Å². The standard InChI is InChI=1S/C22H29NO4/c1-27-21(26)19(9-14-2-4-18(24)5-3-14)23-20(25)13-22-10-15-6-16(11-22)8-17(7-15)12-22/h2-5,15-17,19,24H,6-13H2,1H3,(H,23,25)/t15?,16?,17?,19-,22?/m0/s1. The summed E-state index contributed by atoms with van der Waals surface area (Å²) < 4.78 is 4.90. The van der Waals surface area contributed by atoms with Crippen molar-refractivity contribution >= 4 is 11.9 Å². The third-order valence-corrected chi connectivity index (χ3v) is 6.90. The molecule has 0 heterocycles.